The van der Waals surface area contributed by atoms with Gasteiger partial charge in [0.15, 0.2) is 0 Å². The molecule has 3 nitrogen and oxygen atoms in total. The molecule has 1 aromatic heterocycles. The van der Waals surface area contributed by atoms with Crippen molar-refractivity contribution in [3.63, 3.8) is 0 Å². The van der Waals surface area contributed by atoms with Gasteiger partial charge in [-0.05, 0) is 42.8 Å². The summed E-state index contributed by atoms with van der Waals surface area (Å²) in [6, 6.07) is 10.9. The van der Waals surface area contributed by atoms with Crippen molar-refractivity contribution in [1.29, 1.82) is 0 Å². The van der Waals surface area contributed by atoms with E-state index in [-0.39, 0.29) is 5.75 Å². The minimum Gasteiger partial charge on any atom is -0.507 e. The van der Waals surface area contributed by atoms with Gasteiger partial charge in [-0.2, -0.15) is 0 Å². The average molecular weight is 259 g/mol. The molecular weight excluding hydrogens is 248 g/mol. The number of aryl methyl sites for hydroxylation is 1. The first-order chi connectivity index (χ1) is 8.63. The van der Waals surface area contributed by atoms with Gasteiger partial charge < -0.3 is 10.1 Å². The van der Waals surface area contributed by atoms with Gasteiger partial charge in [0.1, 0.15) is 11.6 Å². The second-order valence-electron chi connectivity index (χ2n) is 4.27. The van der Waals surface area contributed by atoms with Crippen molar-refractivity contribution in [3.05, 3.63) is 47.0 Å². The van der Waals surface area contributed by atoms with Crippen LogP contribution in [-0.2, 0) is 0 Å². The van der Waals surface area contributed by atoms with Gasteiger partial charge in [0, 0.05) is 5.02 Å². The Morgan fingerprint density at radius 1 is 1.17 bits per heavy atom. The second kappa shape index (κ2) is 4.03. The Labute approximate surface area is 109 Å². The van der Waals surface area contributed by atoms with E-state index in [9.17, 15) is 5.11 Å². The van der Waals surface area contributed by atoms with Crippen LogP contribution in [0.15, 0.2) is 36.4 Å². The number of phenols is 1. The van der Waals surface area contributed by atoms with Crippen LogP contribution in [-0.4, -0.2) is 15.1 Å². The van der Waals surface area contributed by atoms with Crippen LogP contribution < -0.4 is 0 Å². The van der Waals surface area contributed by atoms with Crippen molar-refractivity contribution in [2.24, 2.45) is 0 Å². The van der Waals surface area contributed by atoms with Gasteiger partial charge in [-0.3, -0.25) is 0 Å². The van der Waals surface area contributed by atoms with E-state index in [1.165, 1.54) is 0 Å². The van der Waals surface area contributed by atoms with Gasteiger partial charge in [-0.25, -0.2) is 4.98 Å². The summed E-state index contributed by atoms with van der Waals surface area (Å²) in [5.74, 6) is 0.783. The molecule has 0 saturated heterocycles. The first kappa shape index (κ1) is 11.1. The smallest absolute Gasteiger partial charge is 0.142 e. The van der Waals surface area contributed by atoms with Crippen LogP contribution >= 0.6 is 11.6 Å². The van der Waals surface area contributed by atoms with E-state index in [1.807, 2.05) is 25.1 Å². The van der Waals surface area contributed by atoms with Crippen LogP contribution in [0.3, 0.4) is 0 Å². The Morgan fingerprint density at radius 2 is 2.00 bits per heavy atom. The molecule has 0 saturated carbocycles. The second-order valence-corrected chi connectivity index (χ2v) is 4.70. The van der Waals surface area contributed by atoms with Crippen LogP contribution in [0.25, 0.3) is 22.4 Å². The Bertz CT molecular complexity index is 734. The van der Waals surface area contributed by atoms with E-state index in [4.69, 9.17) is 11.6 Å². The largest absolute Gasteiger partial charge is 0.507 e. The van der Waals surface area contributed by atoms with Crippen LogP contribution in [0.1, 0.15) is 5.56 Å². The number of halogens is 1. The number of nitrogens with one attached hydrogen (secondary N) is 1. The molecule has 0 aliphatic heterocycles. The van der Waals surface area contributed by atoms with Gasteiger partial charge in [0.25, 0.3) is 0 Å². The zero-order chi connectivity index (χ0) is 12.7. The van der Waals surface area contributed by atoms with Crippen LogP contribution in [0.4, 0.5) is 0 Å². The summed E-state index contributed by atoms with van der Waals surface area (Å²) in [7, 11) is 0. The van der Waals surface area contributed by atoms with Crippen LogP contribution in [0.2, 0.25) is 5.02 Å². The highest BCUT2D eigenvalue weighted by Gasteiger charge is 2.10. The third kappa shape index (κ3) is 1.83. The number of rotatable bonds is 1. The molecule has 0 spiro atoms. The molecule has 2 aromatic carbocycles. The van der Waals surface area contributed by atoms with E-state index in [2.05, 4.69) is 9.97 Å². The summed E-state index contributed by atoms with van der Waals surface area (Å²) in [5.41, 5.74) is 3.58. The number of aromatic amines is 1. The summed E-state index contributed by atoms with van der Waals surface area (Å²) in [5, 5.41) is 10.4. The van der Waals surface area contributed by atoms with Crippen molar-refractivity contribution in [3.8, 4) is 17.1 Å². The first-order valence-electron chi connectivity index (χ1n) is 5.59. The SMILES string of the molecule is Cc1ccc2[nH]c(-c3cc(Cl)ccc3O)nc2c1. The lowest BCUT2D eigenvalue weighted by molar-refractivity contribution is 0.477. The van der Waals surface area contributed by atoms with Crippen molar-refractivity contribution in [2.45, 2.75) is 6.92 Å². The number of nitrogens with zero attached hydrogens (tertiary/aromatic N) is 1. The lowest BCUT2D eigenvalue weighted by atomic mass is 10.2. The normalized spacial score (nSPS) is 11.0. The molecule has 0 atom stereocenters. The van der Waals surface area contributed by atoms with Crippen molar-refractivity contribution >= 4 is 22.6 Å². The maximum atomic E-state index is 9.85. The number of aromatic nitrogens is 2. The fourth-order valence-electron chi connectivity index (χ4n) is 1.94. The third-order valence-electron chi connectivity index (χ3n) is 2.85. The van der Waals surface area contributed by atoms with Crippen molar-refractivity contribution in [2.75, 3.05) is 0 Å². The lowest BCUT2D eigenvalue weighted by Gasteiger charge is -2.00. The first-order valence-corrected chi connectivity index (χ1v) is 5.96. The number of hydrogen-bond donors (Lipinski definition) is 2. The summed E-state index contributed by atoms with van der Waals surface area (Å²) < 4.78 is 0. The third-order valence-corrected chi connectivity index (χ3v) is 3.09. The molecule has 90 valence electrons. The minimum absolute atomic E-state index is 0.162. The highest BCUT2D eigenvalue weighted by molar-refractivity contribution is 6.30. The number of imidazole rings is 1. The molecule has 0 radical (unpaired) electrons. The maximum Gasteiger partial charge on any atom is 0.142 e. The molecule has 3 aromatic rings. The minimum atomic E-state index is 0.162. The van der Waals surface area contributed by atoms with E-state index < -0.39 is 0 Å². The lowest BCUT2D eigenvalue weighted by Crippen LogP contribution is -1.81. The molecule has 2 N–H and O–H groups in total. The van der Waals surface area contributed by atoms with Gasteiger partial charge in [0.2, 0.25) is 0 Å². The Balaban J connectivity index is 2.22. The number of fused-ring (bicyclic) bond motifs is 1. The van der Waals surface area contributed by atoms with Gasteiger partial charge in [0.05, 0.1) is 16.6 Å². The summed E-state index contributed by atoms with van der Waals surface area (Å²) in [6.45, 7) is 2.02. The van der Waals surface area contributed by atoms with Crippen molar-refractivity contribution in [1.82, 2.24) is 9.97 Å². The van der Waals surface area contributed by atoms with Gasteiger partial charge in [-0.15, -0.1) is 0 Å². The maximum absolute atomic E-state index is 9.85. The average Bonchev–Trinajstić information content (AvgIpc) is 2.74. The van der Waals surface area contributed by atoms with Crippen LogP contribution in [0, 0.1) is 6.92 Å². The highest BCUT2D eigenvalue weighted by atomic mass is 35.5. The van der Waals surface area contributed by atoms with Gasteiger partial charge in [-0.1, -0.05) is 17.7 Å². The standard InChI is InChI=1S/C14H11ClN2O/c1-8-2-4-11-12(6-8)17-14(16-11)10-7-9(15)3-5-13(10)18/h2-7,18H,1H3,(H,16,17). The number of aromatic hydroxyl groups is 1. The molecule has 0 amide bonds. The molecule has 0 aliphatic rings. The molecule has 3 rings (SSSR count). The molecule has 0 unspecified atom stereocenters. The number of phenolic OH excluding ortho intramolecular Hbond substituents is 1. The predicted octanol–water partition coefficient (Wildman–Crippen LogP) is 3.90. The number of hydrogen-bond acceptors (Lipinski definition) is 2. The number of benzene rings is 2. The molecular formula is C14H11ClN2O. The number of H-pyrrole nitrogens is 1. The van der Waals surface area contributed by atoms with E-state index in [1.54, 1.807) is 18.2 Å². The summed E-state index contributed by atoms with van der Waals surface area (Å²) in [4.78, 5) is 7.65. The Morgan fingerprint density at radius 3 is 2.83 bits per heavy atom. The van der Waals surface area contributed by atoms with E-state index >= 15 is 0 Å². The zero-order valence-electron chi connectivity index (χ0n) is 9.74. The zero-order valence-corrected chi connectivity index (χ0v) is 10.5. The Kier molecular flexibility index (Phi) is 2.49. The van der Waals surface area contributed by atoms with Gasteiger partial charge >= 0.3 is 0 Å². The molecule has 18 heavy (non-hydrogen) atoms. The highest BCUT2D eigenvalue weighted by Crippen LogP contribution is 2.31. The fraction of sp³-hybridized carbons (Fsp3) is 0.0714. The van der Waals surface area contributed by atoms with E-state index in [0.717, 1.165) is 16.6 Å². The monoisotopic (exact) mass is 258 g/mol. The summed E-state index contributed by atoms with van der Waals surface area (Å²) >= 11 is 5.94. The van der Waals surface area contributed by atoms with Crippen molar-refractivity contribution < 1.29 is 5.11 Å². The molecule has 0 fully saturated rings. The van der Waals surface area contributed by atoms with E-state index in [0.29, 0.717) is 16.4 Å². The predicted molar refractivity (Wildman–Crippen MR) is 72.9 cm³/mol. The summed E-state index contributed by atoms with van der Waals surface area (Å²) in [6.07, 6.45) is 0. The topological polar surface area (TPSA) is 48.9 Å². The fourth-order valence-corrected chi connectivity index (χ4v) is 2.11. The molecule has 1 heterocycles. The molecule has 0 bridgehead atoms. The quantitative estimate of drug-likeness (QED) is 0.695. The molecule has 0 aliphatic carbocycles. The Hall–Kier alpha value is -2.00. The van der Waals surface area contributed by atoms with Crippen LogP contribution in [0.5, 0.6) is 5.75 Å². The molecule has 4 heteroatoms.